The maximum atomic E-state index is 14.1. The molecule has 3 aromatic rings. The molecule has 2 aromatic carbocycles. The van der Waals surface area contributed by atoms with Gasteiger partial charge in [-0.1, -0.05) is 43.2 Å². The van der Waals surface area contributed by atoms with E-state index < -0.39 is 17.5 Å². The molecule has 0 bridgehead atoms. The number of likely N-dealkylation sites (tertiary alicyclic amines) is 1. The highest BCUT2D eigenvalue weighted by atomic mass is 16.5. The molecule has 0 radical (unpaired) electrons. The number of ether oxygens (including phenoxy) is 1. The fourth-order valence-electron chi connectivity index (χ4n) is 7.74. The van der Waals surface area contributed by atoms with Crippen molar-refractivity contribution in [1.82, 2.24) is 20.9 Å². The van der Waals surface area contributed by atoms with Crippen LogP contribution < -0.4 is 16.0 Å². The lowest BCUT2D eigenvalue weighted by molar-refractivity contribution is -0.132. The van der Waals surface area contributed by atoms with Crippen LogP contribution in [0.25, 0.3) is 11.0 Å². The van der Waals surface area contributed by atoms with Crippen molar-refractivity contribution in [2.24, 2.45) is 11.8 Å². The van der Waals surface area contributed by atoms with E-state index in [2.05, 4.69) is 20.9 Å². The topological polar surface area (TPSA) is 113 Å². The molecule has 2 aliphatic heterocycles. The van der Waals surface area contributed by atoms with E-state index in [1.165, 1.54) is 0 Å². The number of nitrogens with one attached hydrogen (secondary N) is 3. The number of rotatable bonds is 11. The van der Waals surface area contributed by atoms with Gasteiger partial charge in [0.15, 0.2) is 5.76 Å². The third-order valence-electron chi connectivity index (χ3n) is 11.0. The van der Waals surface area contributed by atoms with Crippen molar-refractivity contribution < 1.29 is 23.5 Å². The van der Waals surface area contributed by atoms with E-state index in [4.69, 9.17) is 9.15 Å². The first-order valence-corrected chi connectivity index (χ1v) is 18.0. The molecule has 258 valence electrons. The summed E-state index contributed by atoms with van der Waals surface area (Å²) in [7, 11) is 0. The second-order valence-electron chi connectivity index (χ2n) is 14.5. The third kappa shape index (κ3) is 7.95. The average Bonchev–Trinajstić information content (AvgIpc) is 3.70. The van der Waals surface area contributed by atoms with E-state index in [1.54, 1.807) is 0 Å². The molecule has 3 aliphatic rings. The summed E-state index contributed by atoms with van der Waals surface area (Å²) in [6.45, 7) is 11.5. The first kappa shape index (κ1) is 34.2. The van der Waals surface area contributed by atoms with Crippen LogP contribution in [0.2, 0.25) is 0 Å². The summed E-state index contributed by atoms with van der Waals surface area (Å²) in [4.78, 5) is 44.2. The van der Waals surface area contributed by atoms with Crippen LogP contribution in [0.15, 0.2) is 46.9 Å². The Morgan fingerprint density at radius 3 is 2.31 bits per heavy atom. The number of carbonyl (C=O) groups excluding carboxylic acids is 3. The maximum Gasteiger partial charge on any atom is 0.288 e. The lowest BCUT2D eigenvalue weighted by Gasteiger charge is -2.35. The van der Waals surface area contributed by atoms with Crippen LogP contribution in [0.4, 0.5) is 0 Å². The molecule has 3 amide bonds. The fourth-order valence-corrected chi connectivity index (χ4v) is 7.74. The van der Waals surface area contributed by atoms with E-state index in [9.17, 15) is 14.4 Å². The second kappa shape index (κ2) is 15.2. The van der Waals surface area contributed by atoms with Gasteiger partial charge >= 0.3 is 0 Å². The Morgan fingerprint density at radius 2 is 1.60 bits per heavy atom. The highest BCUT2D eigenvalue weighted by molar-refractivity contribution is 6.03. The minimum Gasteiger partial charge on any atom is -0.451 e. The normalized spacial score (nSPS) is 19.6. The van der Waals surface area contributed by atoms with Crippen LogP contribution in [0.3, 0.4) is 0 Å². The highest BCUT2D eigenvalue weighted by Crippen LogP contribution is 2.33. The van der Waals surface area contributed by atoms with Gasteiger partial charge in [-0.25, -0.2) is 0 Å². The number of furan rings is 1. The van der Waals surface area contributed by atoms with E-state index in [0.29, 0.717) is 37.3 Å². The van der Waals surface area contributed by atoms with Crippen LogP contribution in [0.5, 0.6) is 0 Å². The van der Waals surface area contributed by atoms with E-state index in [-0.39, 0.29) is 17.6 Å². The van der Waals surface area contributed by atoms with E-state index >= 15 is 0 Å². The molecule has 9 heteroatoms. The van der Waals surface area contributed by atoms with Gasteiger partial charge < -0.3 is 30.0 Å². The smallest absolute Gasteiger partial charge is 0.288 e. The van der Waals surface area contributed by atoms with Crippen LogP contribution in [0.1, 0.15) is 84.2 Å². The Labute approximate surface area is 284 Å². The summed E-state index contributed by atoms with van der Waals surface area (Å²) in [5.41, 5.74) is 3.50. The summed E-state index contributed by atoms with van der Waals surface area (Å²) in [6.07, 6.45) is 7.41. The lowest BCUT2D eigenvalue weighted by atomic mass is 9.93. The number of hydrogen-bond acceptors (Lipinski definition) is 6. The van der Waals surface area contributed by atoms with Crippen molar-refractivity contribution in [3.05, 3.63) is 70.5 Å². The number of amides is 3. The van der Waals surface area contributed by atoms with Crippen molar-refractivity contribution in [3.63, 3.8) is 0 Å². The van der Waals surface area contributed by atoms with Crippen molar-refractivity contribution >= 4 is 28.7 Å². The Bertz CT molecular complexity index is 1580. The molecule has 1 atom stereocenters. The number of benzene rings is 2. The maximum absolute atomic E-state index is 14.1. The highest BCUT2D eigenvalue weighted by Gasteiger charge is 2.44. The van der Waals surface area contributed by atoms with Gasteiger partial charge in [0.05, 0.1) is 0 Å². The molecule has 1 aromatic heterocycles. The summed E-state index contributed by atoms with van der Waals surface area (Å²) >= 11 is 0. The standard InChI is InChI=1S/C39H52N4O5/c1-26-21-32-28(3)35(48-34(32)22-27(26)2)37(45)42-39(15-7-8-16-39)38(46)41-33(23-29-9-5-4-6-10-29)36(44)40-24-30-11-17-43(18-12-30)25-31-13-19-47-20-14-31/h4-6,9-10,21-22,30-31,33H,7-8,11-20,23-25H2,1-3H3,(H,40,44)(H,41,46)(H,42,45)/t33-/m1/s1. The van der Waals surface area contributed by atoms with Gasteiger partial charge in [0.1, 0.15) is 17.2 Å². The van der Waals surface area contributed by atoms with Crippen LogP contribution in [0, 0.1) is 32.6 Å². The Balaban J connectivity index is 1.10. The Hall–Kier alpha value is -3.69. The number of fused-ring (bicyclic) bond motifs is 1. The molecule has 0 unspecified atom stereocenters. The summed E-state index contributed by atoms with van der Waals surface area (Å²) < 4.78 is 11.6. The molecule has 3 heterocycles. The monoisotopic (exact) mass is 656 g/mol. The molecule has 2 saturated heterocycles. The zero-order valence-corrected chi connectivity index (χ0v) is 28.9. The lowest BCUT2D eigenvalue weighted by Crippen LogP contribution is -2.61. The van der Waals surface area contributed by atoms with Crippen molar-refractivity contribution in [2.45, 2.75) is 90.1 Å². The number of carbonyl (C=O) groups is 3. The summed E-state index contributed by atoms with van der Waals surface area (Å²) in [6, 6.07) is 13.0. The molecular formula is C39H52N4O5. The predicted molar refractivity (Wildman–Crippen MR) is 187 cm³/mol. The molecule has 1 aliphatic carbocycles. The summed E-state index contributed by atoms with van der Waals surface area (Å²) in [5.74, 6) is 0.464. The molecule has 9 nitrogen and oxygen atoms in total. The number of aryl methyl sites for hydroxylation is 3. The van der Waals surface area contributed by atoms with Crippen LogP contribution in [-0.2, 0) is 20.7 Å². The van der Waals surface area contributed by atoms with Gasteiger partial charge in [-0.2, -0.15) is 0 Å². The quantitative estimate of drug-likeness (QED) is 0.256. The molecule has 6 rings (SSSR count). The van der Waals surface area contributed by atoms with E-state index in [0.717, 1.165) is 105 Å². The number of piperidine rings is 1. The first-order chi connectivity index (χ1) is 23.2. The van der Waals surface area contributed by atoms with Crippen molar-refractivity contribution in [3.8, 4) is 0 Å². The van der Waals surface area contributed by atoms with Crippen molar-refractivity contribution in [2.75, 3.05) is 39.4 Å². The largest absolute Gasteiger partial charge is 0.451 e. The van der Waals surface area contributed by atoms with Crippen LogP contribution in [-0.4, -0.2) is 73.6 Å². The van der Waals surface area contributed by atoms with Gasteiger partial charge in [0, 0.05) is 43.7 Å². The minimum atomic E-state index is -1.11. The second-order valence-corrected chi connectivity index (χ2v) is 14.5. The summed E-state index contributed by atoms with van der Waals surface area (Å²) in [5, 5.41) is 10.2. The SMILES string of the molecule is Cc1cc2oc(C(=O)NC3(C(=O)N[C@H](Cc4ccccc4)C(=O)NCC4CCN(CC5CCOCC5)CC4)CCCC3)c(C)c2cc1C. The fraction of sp³-hybridized carbons (Fsp3) is 0.564. The zero-order valence-electron chi connectivity index (χ0n) is 28.9. The molecule has 3 fully saturated rings. The molecule has 3 N–H and O–H groups in total. The predicted octanol–water partition coefficient (Wildman–Crippen LogP) is 5.38. The van der Waals surface area contributed by atoms with Gasteiger partial charge in [0.25, 0.3) is 5.91 Å². The zero-order chi connectivity index (χ0) is 33.7. The molecule has 48 heavy (non-hydrogen) atoms. The van der Waals surface area contributed by atoms with Gasteiger partial charge in [-0.3, -0.25) is 14.4 Å². The van der Waals surface area contributed by atoms with Crippen LogP contribution >= 0.6 is 0 Å². The number of hydrogen-bond donors (Lipinski definition) is 3. The van der Waals surface area contributed by atoms with Gasteiger partial charge in [0.2, 0.25) is 11.8 Å². The average molecular weight is 657 g/mol. The Kier molecular flexibility index (Phi) is 10.9. The van der Waals surface area contributed by atoms with Gasteiger partial charge in [-0.15, -0.1) is 0 Å². The minimum absolute atomic E-state index is 0.185. The first-order valence-electron chi connectivity index (χ1n) is 18.0. The molecular weight excluding hydrogens is 604 g/mol. The third-order valence-corrected chi connectivity index (χ3v) is 11.0. The molecule has 1 saturated carbocycles. The van der Waals surface area contributed by atoms with Crippen molar-refractivity contribution in [1.29, 1.82) is 0 Å². The number of nitrogens with zero attached hydrogens (tertiary/aromatic N) is 1. The van der Waals surface area contributed by atoms with Gasteiger partial charge in [-0.05, 0) is 113 Å². The Morgan fingerprint density at radius 1 is 0.917 bits per heavy atom. The molecule has 0 spiro atoms. The van der Waals surface area contributed by atoms with E-state index in [1.807, 2.05) is 63.2 Å².